The van der Waals surface area contributed by atoms with Crippen molar-refractivity contribution in [3.05, 3.63) is 61.3 Å². The molecule has 0 unspecified atom stereocenters. The molecular weight excluding hydrogens is 289 g/mol. The maximum atomic E-state index is 11.5. The molecule has 0 fully saturated rings. The van der Waals surface area contributed by atoms with Crippen molar-refractivity contribution in [1.29, 1.82) is 0 Å². The zero-order chi connectivity index (χ0) is 13.8. The summed E-state index contributed by atoms with van der Waals surface area (Å²) in [5, 5.41) is 3.69. The van der Waals surface area contributed by atoms with Crippen LogP contribution in [0.25, 0.3) is 0 Å². The summed E-state index contributed by atoms with van der Waals surface area (Å²) < 4.78 is 1.33. The number of rotatable bonds is 4. The first kappa shape index (κ1) is 13.7. The Bertz CT molecular complexity index is 694. The summed E-state index contributed by atoms with van der Waals surface area (Å²) in [5.41, 5.74) is -0.287. The predicted octanol–water partition coefficient (Wildman–Crippen LogP) is 1.96. The van der Waals surface area contributed by atoms with E-state index in [-0.39, 0.29) is 5.02 Å². The lowest BCUT2D eigenvalue weighted by atomic mass is 10.3. The molecule has 0 amide bonds. The summed E-state index contributed by atoms with van der Waals surface area (Å²) in [6, 6.07) is 7.30. The van der Waals surface area contributed by atoms with E-state index in [0.717, 1.165) is 5.69 Å². The Hall–Kier alpha value is -1.72. The fourth-order valence-electron chi connectivity index (χ4n) is 1.56. The highest BCUT2D eigenvalue weighted by molar-refractivity contribution is 6.33. The lowest BCUT2D eigenvalue weighted by molar-refractivity contribution is 0.669. The van der Waals surface area contributed by atoms with Crippen molar-refractivity contribution >= 4 is 28.9 Å². The van der Waals surface area contributed by atoms with Gasteiger partial charge in [-0.3, -0.25) is 14.3 Å². The van der Waals surface area contributed by atoms with Gasteiger partial charge in [-0.05, 0) is 12.1 Å². The molecule has 7 heteroatoms. The quantitative estimate of drug-likeness (QED) is 0.907. The average Bonchev–Trinajstić information content (AvgIpc) is 2.38. The largest absolute Gasteiger partial charge is 0.382 e. The summed E-state index contributed by atoms with van der Waals surface area (Å²) in [5.74, 6) is 0. The molecular formula is C12H11Cl2N3O2. The third kappa shape index (κ3) is 3.39. The van der Waals surface area contributed by atoms with Gasteiger partial charge in [0.05, 0.1) is 10.7 Å². The number of nitrogens with one attached hydrogen (secondary N) is 2. The van der Waals surface area contributed by atoms with Crippen molar-refractivity contribution in [3.8, 4) is 0 Å². The summed E-state index contributed by atoms with van der Waals surface area (Å²) >= 11 is 11.6. The van der Waals surface area contributed by atoms with E-state index in [4.69, 9.17) is 23.2 Å². The molecule has 100 valence electrons. The number of benzene rings is 1. The van der Waals surface area contributed by atoms with Crippen LogP contribution in [0.5, 0.6) is 0 Å². The molecule has 0 radical (unpaired) electrons. The number of aromatic nitrogens is 2. The van der Waals surface area contributed by atoms with Gasteiger partial charge < -0.3 is 5.32 Å². The molecule has 0 spiro atoms. The van der Waals surface area contributed by atoms with Crippen molar-refractivity contribution in [3.63, 3.8) is 0 Å². The van der Waals surface area contributed by atoms with Crippen LogP contribution in [0.1, 0.15) is 0 Å². The molecule has 0 atom stereocenters. The average molecular weight is 300 g/mol. The van der Waals surface area contributed by atoms with E-state index in [9.17, 15) is 9.59 Å². The molecule has 19 heavy (non-hydrogen) atoms. The molecule has 1 aromatic heterocycles. The number of para-hydroxylation sites is 1. The molecule has 0 aliphatic heterocycles. The molecule has 2 N–H and O–H groups in total. The molecule has 2 rings (SSSR count). The summed E-state index contributed by atoms with van der Waals surface area (Å²) in [6.07, 6.45) is 1.32. The highest BCUT2D eigenvalue weighted by Gasteiger charge is 2.02. The molecule has 2 aromatic rings. The standard InChI is InChI=1S/C12H11Cl2N3O2/c13-8-3-1-2-4-10(8)15-5-6-17-7-9(14)11(18)16-12(17)19/h1-4,7,15H,5-6H2,(H,16,18,19). The van der Waals surface area contributed by atoms with Crippen LogP contribution in [0.4, 0.5) is 5.69 Å². The van der Waals surface area contributed by atoms with Crippen LogP contribution in [0, 0.1) is 0 Å². The minimum Gasteiger partial charge on any atom is -0.382 e. The molecule has 0 bridgehead atoms. The Morgan fingerprint density at radius 1 is 1.16 bits per heavy atom. The predicted molar refractivity (Wildman–Crippen MR) is 76.3 cm³/mol. The van der Waals surface area contributed by atoms with Gasteiger partial charge in [-0.25, -0.2) is 4.79 Å². The third-order valence-electron chi connectivity index (χ3n) is 2.51. The Morgan fingerprint density at radius 3 is 2.63 bits per heavy atom. The SMILES string of the molecule is O=c1[nH]c(=O)n(CCNc2ccccc2Cl)cc1Cl. The molecule has 0 aliphatic rings. The molecule has 0 saturated heterocycles. The van der Waals surface area contributed by atoms with Crippen molar-refractivity contribution in [2.75, 3.05) is 11.9 Å². The van der Waals surface area contributed by atoms with Crippen LogP contribution in [-0.4, -0.2) is 16.1 Å². The van der Waals surface area contributed by atoms with Crippen LogP contribution in [0.2, 0.25) is 10.0 Å². The molecule has 1 aromatic carbocycles. The van der Waals surface area contributed by atoms with E-state index >= 15 is 0 Å². The lowest BCUT2D eigenvalue weighted by Crippen LogP contribution is -2.31. The van der Waals surface area contributed by atoms with E-state index in [1.165, 1.54) is 10.8 Å². The van der Waals surface area contributed by atoms with Gasteiger partial charge >= 0.3 is 5.69 Å². The van der Waals surface area contributed by atoms with Crippen molar-refractivity contribution < 1.29 is 0 Å². The molecule has 0 saturated carbocycles. The second-order valence-electron chi connectivity index (χ2n) is 3.84. The minimum atomic E-state index is -0.582. The van der Waals surface area contributed by atoms with Gasteiger partial charge in [0.2, 0.25) is 0 Å². The Labute approximate surface area is 118 Å². The molecule has 0 aliphatic carbocycles. The Balaban J connectivity index is 2.04. The number of hydrogen-bond acceptors (Lipinski definition) is 3. The number of H-pyrrole nitrogens is 1. The van der Waals surface area contributed by atoms with Crippen LogP contribution < -0.4 is 16.6 Å². The third-order valence-corrected chi connectivity index (χ3v) is 3.11. The number of aromatic amines is 1. The minimum absolute atomic E-state index is 0.0163. The van der Waals surface area contributed by atoms with Crippen LogP contribution in [0.15, 0.2) is 40.1 Å². The summed E-state index contributed by atoms with van der Waals surface area (Å²) in [7, 11) is 0. The van der Waals surface area contributed by atoms with E-state index in [1.807, 2.05) is 18.2 Å². The number of nitrogens with zero attached hydrogens (tertiary/aromatic N) is 1. The smallest absolute Gasteiger partial charge is 0.328 e. The van der Waals surface area contributed by atoms with E-state index in [2.05, 4.69) is 10.3 Å². The first-order valence-electron chi connectivity index (χ1n) is 5.55. The summed E-state index contributed by atoms with van der Waals surface area (Å²) in [6.45, 7) is 0.840. The number of halogens is 2. The normalized spacial score (nSPS) is 10.4. The fraction of sp³-hybridized carbons (Fsp3) is 0.167. The van der Waals surface area contributed by atoms with Gasteiger partial charge in [0.15, 0.2) is 0 Å². The van der Waals surface area contributed by atoms with Crippen LogP contribution in [0.3, 0.4) is 0 Å². The second kappa shape index (κ2) is 5.95. The maximum Gasteiger partial charge on any atom is 0.328 e. The monoisotopic (exact) mass is 299 g/mol. The molecule has 1 heterocycles. The number of anilines is 1. The highest BCUT2D eigenvalue weighted by Crippen LogP contribution is 2.19. The Morgan fingerprint density at radius 2 is 1.89 bits per heavy atom. The second-order valence-corrected chi connectivity index (χ2v) is 4.65. The Kier molecular flexibility index (Phi) is 4.29. The summed E-state index contributed by atoms with van der Waals surface area (Å²) in [4.78, 5) is 24.7. The van der Waals surface area contributed by atoms with Gasteiger partial charge in [0, 0.05) is 19.3 Å². The number of hydrogen-bond donors (Lipinski definition) is 2. The van der Waals surface area contributed by atoms with E-state index in [1.54, 1.807) is 6.07 Å². The van der Waals surface area contributed by atoms with Crippen molar-refractivity contribution in [2.45, 2.75) is 6.54 Å². The first-order chi connectivity index (χ1) is 9.08. The topological polar surface area (TPSA) is 66.9 Å². The van der Waals surface area contributed by atoms with E-state index < -0.39 is 11.2 Å². The van der Waals surface area contributed by atoms with E-state index in [0.29, 0.717) is 18.1 Å². The van der Waals surface area contributed by atoms with Gasteiger partial charge in [0.1, 0.15) is 5.02 Å². The zero-order valence-electron chi connectivity index (χ0n) is 9.82. The van der Waals surface area contributed by atoms with Gasteiger partial charge in [-0.1, -0.05) is 35.3 Å². The van der Waals surface area contributed by atoms with Gasteiger partial charge in [-0.15, -0.1) is 0 Å². The fourth-order valence-corrected chi connectivity index (χ4v) is 1.93. The van der Waals surface area contributed by atoms with Crippen LogP contribution >= 0.6 is 23.2 Å². The van der Waals surface area contributed by atoms with Gasteiger partial charge in [0.25, 0.3) is 5.56 Å². The highest BCUT2D eigenvalue weighted by atomic mass is 35.5. The van der Waals surface area contributed by atoms with Crippen molar-refractivity contribution in [1.82, 2.24) is 9.55 Å². The first-order valence-corrected chi connectivity index (χ1v) is 6.31. The molecule has 5 nitrogen and oxygen atoms in total. The zero-order valence-corrected chi connectivity index (χ0v) is 11.3. The maximum absolute atomic E-state index is 11.5. The lowest BCUT2D eigenvalue weighted by Gasteiger charge is -2.09. The van der Waals surface area contributed by atoms with Gasteiger partial charge in [-0.2, -0.15) is 0 Å². The van der Waals surface area contributed by atoms with Crippen LogP contribution in [-0.2, 0) is 6.54 Å². The van der Waals surface area contributed by atoms with Crippen molar-refractivity contribution in [2.24, 2.45) is 0 Å².